The van der Waals surface area contributed by atoms with Gasteiger partial charge in [0.05, 0.1) is 13.1 Å². The van der Waals surface area contributed by atoms with Crippen LogP contribution < -0.4 is 16.0 Å². The topological polar surface area (TPSA) is 90.5 Å². The van der Waals surface area contributed by atoms with Gasteiger partial charge in [-0.25, -0.2) is 4.79 Å². The molecule has 0 radical (unpaired) electrons. The van der Waals surface area contributed by atoms with Crippen LogP contribution in [0.5, 0.6) is 0 Å². The molecule has 1 unspecified atom stereocenters. The number of rotatable bonds is 5. The van der Waals surface area contributed by atoms with Crippen molar-refractivity contribution in [3.8, 4) is 0 Å². The molecular formula is C15H22N4O3S. The fourth-order valence-electron chi connectivity index (χ4n) is 2.60. The van der Waals surface area contributed by atoms with Crippen molar-refractivity contribution in [1.29, 1.82) is 0 Å². The maximum atomic E-state index is 11.9. The van der Waals surface area contributed by atoms with Crippen LogP contribution in [0.4, 0.5) is 4.79 Å². The van der Waals surface area contributed by atoms with E-state index in [0.29, 0.717) is 13.1 Å². The second kappa shape index (κ2) is 8.64. The summed E-state index contributed by atoms with van der Waals surface area (Å²) in [7, 11) is 0. The van der Waals surface area contributed by atoms with Crippen molar-refractivity contribution in [1.82, 2.24) is 20.9 Å². The number of nitrogens with one attached hydrogen (secondary N) is 3. The Morgan fingerprint density at radius 2 is 2.22 bits per heavy atom. The van der Waals surface area contributed by atoms with E-state index in [-0.39, 0.29) is 24.4 Å². The summed E-state index contributed by atoms with van der Waals surface area (Å²) in [5.41, 5.74) is 0. The van der Waals surface area contributed by atoms with Crippen molar-refractivity contribution < 1.29 is 14.4 Å². The number of hydrogen-bond donors (Lipinski definition) is 3. The van der Waals surface area contributed by atoms with Gasteiger partial charge in [0.15, 0.2) is 0 Å². The van der Waals surface area contributed by atoms with Gasteiger partial charge in [0.25, 0.3) is 0 Å². The highest BCUT2D eigenvalue weighted by Crippen LogP contribution is 2.09. The molecule has 0 aliphatic carbocycles. The van der Waals surface area contributed by atoms with Crippen LogP contribution in [-0.2, 0) is 16.1 Å². The van der Waals surface area contributed by atoms with Gasteiger partial charge in [-0.2, -0.15) is 0 Å². The highest BCUT2D eigenvalue weighted by atomic mass is 32.1. The molecule has 1 aliphatic heterocycles. The predicted molar refractivity (Wildman–Crippen MR) is 88.0 cm³/mol. The van der Waals surface area contributed by atoms with Crippen LogP contribution in [0.3, 0.4) is 0 Å². The number of piperidine rings is 1. The number of urea groups is 1. The number of carbonyl (C=O) groups excluding carboxylic acids is 3. The third-order valence-corrected chi connectivity index (χ3v) is 4.41. The zero-order valence-corrected chi connectivity index (χ0v) is 13.9. The first-order valence-corrected chi connectivity index (χ1v) is 8.50. The molecule has 2 rings (SSSR count). The summed E-state index contributed by atoms with van der Waals surface area (Å²) < 4.78 is 0. The van der Waals surface area contributed by atoms with E-state index in [4.69, 9.17) is 0 Å². The van der Waals surface area contributed by atoms with Gasteiger partial charge in [0, 0.05) is 24.4 Å². The average Bonchev–Trinajstić information content (AvgIpc) is 2.98. The van der Waals surface area contributed by atoms with Gasteiger partial charge >= 0.3 is 6.03 Å². The Morgan fingerprint density at radius 1 is 1.39 bits per heavy atom. The molecule has 1 saturated heterocycles. The minimum Gasteiger partial charge on any atom is -0.352 e. The number of thiophene rings is 1. The van der Waals surface area contributed by atoms with E-state index in [1.165, 1.54) is 6.92 Å². The highest BCUT2D eigenvalue weighted by molar-refractivity contribution is 7.09. The third kappa shape index (κ3) is 6.37. The van der Waals surface area contributed by atoms with E-state index in [0.717, 1.165) is 24.3 Å². The molecule has 7 nitrogen and oxygen atoms in total. The van der Waals surface area contributed by atoms with E-state index in [2.05, 4.69) is 16.0 Å². The molecule has 2 heterocycles. The Hall–Kier alpha value is -1.93. The normalized spacial score (nSPS) is 18.2. The number of nitrogens with zero attached hydrogens (tertiary/aromatic N) is 1. The van der Waals surface area contributed by atoms with Crippen molar-refractivity contribution in [2.45, 2.75) is 32.4 Å². The van der Waals surface area contributed by atoms with E-state index in [1.54, 1.807) is 11.3 Å². The molecule has 0 saturated carbocycles. The second-order valence-corrected chi connectivity index (χ2v) is 6.62. The second-order valence-electron chi connectivity index (χ2n) is 5.59. The van der Waals surface area contributed by atoms with Crippen molar-refractivity contribution in [3.63, 3.8) is 0 Å². The number of hydrogen-bond acceptors (Lipinski definition) is 5. The molecule has 1 aromatic heterocycles. The maximum Gasteiger partial charge on any atom is 0.321 e. The van der Waals surface area contributed by atoms with Crippen LogP contribution in [0.2, 0.25) is 0 Å². The van der Waals surface area contributed by atoms with Crippen molar-refractivity contribution in [3.05, 3.63) is 22.4 Å². The molecule has 23 heavy (non-hydrogen) atoms. The number of imide groups is 1. The largest absolute Gasteiger partial charge is 0.352 e. The first kappa shape index (κ1) is 17.4. The maximum absolute atomic E-state index is 11.9. The van der Waals surface area contributed by atoms with Gasteiger partial charge in [-0.1, -0.05) is 6.07 Å². The fraction of sp³-hybridized carbons (Fsp3) is 0.533. The Labute approximate surface area is 139 Å². The summed E-state index contributed by atoms with van der Waals surface area (Å²) in [6.07, 6.45) is 1.84. The lowest BCUT2D eigenvalue weighted by Gasteiger charge is -2.32. The van der Waals surface area contributed by atoms with Gasteiger partial charge in [0.2, 0.25) is 11.8 Å². The van der Waals surface area contributed by atoms with Crippen LogP contribution in [0.1, 0.15) is 24.6 Å². The van der Waals surface area contributed by atoms with Crippen LogP contribution >= 0.6 is 11.3 Å². The molecule has 0 bridgehead atoms. The number of likely N-dealkylation sites (tertiary alicyclic amines) is 1. The molecule has 3 N–H and O–H groups in total. The number of carbonyl (C=O) groups is 3. The monoisotopic (exact) mass is 338 g/mol. The Bertz CT molecular complexity index is 547. The highest BCUT2D eigenvalue weighted by Gasteiger charge is 2.22. The van der Waals surface area contributed by atoms with E-state index < -0.39 is 6.03 Å². The lowest BCUT2D eigenvalue weighted by atomic mass is 10.1. The number of amides is 4. The average molecular weight is 338 g/mol. The summed E-state index contributed by atoms with van der Waals surface area (Å²) in [5, 5.41) is 9.79. The lowest BCUT2D eigenvalue weighted by Crippen LogP contribution is -2.51. The van der Waals surface area contributed by atoms with Gasteiger partial charge in [-0.3, -0.25) is 19.8 Å². The minimum atomic E-state index is -0.487. The van der Waals surface area contributed by atoms with Crippen molar-refractivity contribution in [2.75, 3.05) is 19.6 Å². The molecule has 4 amide bonds. The zero-order valence-electron chi connectivity index (χ0n) is 13.1. The fourth-order valence-corrected chi connectivity index (χ4v) is 3.24. The van der Waals surface area contributed by atoms with Crippen molar-refractivity contribution >= 4 is 29.2 Å². The van der Waals surface area contributed by atoms with E-state index in [9.17, 15) is 14.4 Å². The van der Waals surface area contributed by atoms with Gasteiger partial charge in [-0.15, -0.1) is 11.3 Å². The molecule has 0 spiro atoms. The molecule has 8 heteroatoms. The van der Waals surface area contributed by atoms with Gasteiger partial charge in [0.1, 0.15) is 0 Å². The summed E-state index contributed by atoms with van der Waals surface area (Å²) in [6, 6.07) is 3.41. The Kier molecular flexibility index (Phi) is 6.54. The molecule has 1 fully saturated rings. The smallest absolute Gasteiger partial charge is 0.321 e. The van der Waals surface area contributed by atoms with Crippen molar-refractivity contribution in [2.24, 2.45) is 0 Å². The minimum absolute atomic E-state index is 0.0609. The first-order valence-electron chi connectivity index (χ1n) is 7.62. The molecule has 0 aromatic carbocycles. The lowest BCUT2D eigenvalue weighted by molar-refractivity contribution is -0.121. The van der Waals surface area contributed by atoms with E-state index >= 15 is 0 Å². The quantitative estimate of drug-likeness (QED) is 0.736. The summed E-state index contributed by atoms with van der Waals surface area (Å²) >= 11 is 1.55. The summed E-state index contributed by atoms with van der Waals surface area (Å²) in [4.78, 5) is 37.7. The standard InChI is InChI=1S/C15H22N4O3S/c1-11(20)17-12-4-2-6-19(9-12)10-14(21)18-15(22)16-8-13-5-3-7-23-13/h3,5,7,12H,2,4,6,8-10H2,1H3,(H,17,20)(H2,16,18,21,22). The SMILES string of the molecule is CC(=O)NC1CCCN(CC(=O)NC(=O)NCc2cccs2)C1. The molecular weight excluding hydrogens is 316 g/mol. The summed E-state index contributed by atoms with van der Waals surface area (Å²) in [5.74, 6) is -0.397. The van der Waals surface area contributed by atoms with Gasteiger partial charge < -0.3 is 10.6 Å². The Balaban J connectivity index is 1.69. The van der Waals surface area contributed by atoms with E-state index in [1.807, 2.05) is 22.4 Å². The van der Waals surface area contributed by atoms with Crippen LogP contribution in [-0.4, -0.2) is 48.4 Å². The zero-order chi connectivity index (χ0) is 16.7. The Morgan fingerprint density at radius 3 is 2.91 bits per heavy atom. The first-order chi connectivity index (χ1) is 11.0. The molecule has 1 atom stereocenters. The van der Waals surface area contributed by atoms with Gasteiger partial charge in [-0.05, 0) is 30.8 Å². The van der Waals surface area contributed by atoms with Crippen LogP contribution in [0.15, 0.2) is 17.5 Å². The molecule has 1 aliphatic rings. The summed E-state index contributed by atoms with van der Waals surface area (Å²) in [6.45, 7) is 3.47. The molecule has 126 valence electrons. The third-order valence-electron chi connectivity index (χ3n) is 3.54. The van der Waals surface area contributed by atoms with Crippen LogP contribution in [0, 0.1) is 0 Å². The predicted octanol–water partition coefficient (Wildman–Crippen LogP) is 0.674. The van der Waals surface area contributed by atoms with Crippen LogP contribution in [0.25, 0.3) is 0 Å². The molecule has 1 aromatic rings.